The summed E-state index contributed by atoms with van der Waals surface area (Å²) in [7, 11) is 0. The Balaban J connectivity index is 0.000000837. The highest BCUT2D eigenvalue weighted by Gasteiger charge is 2.30. The number of aryl methyl sites for hydroxylation is 3. The smallest absolute Gasteiger partial charge is 0.417 e. The van der Waals surface area contributed by atoms with Crippen molar-refractivity contribution in [3.63, 3.8) is 0 Å². The molecule has 0 aliphatic carbocycles. The lowest BCUT2D eigenvalue weighted by Gasteiger charge is -2.09. The minimum atomic E-state index is -4.41. The molecule has 0 saturated heterocycles. The van der Waals surface area contributed by atoms with Crippen molar-refractivity contribution in [1.29, 1.82) is 0 Å². The summed E-state index contributed by atoms with van der Waals surface area (Å²) >= 11 is 6.20. The Morgan fingerprint density at radius 3 is 2.28 bits per heavy atom. The topological polar surface area (TPSA) is 85.2 Å². The normalized spacial score (nSPS) is 10.8. The van der Waals surface area contributed by atoms with Crippen LogP contribution in [0.25, 0.3) is 0 Å². The van der Waals surface area contributed by atoms with Crippen molar-refractivity contribution in [2.75, 3.05) is 0 Å². The third kappa shape index (κ3) is 8.14. The molecule has 1 aromatic carbocycles. The van der Waals surface area contributed by atoms with E-state index < -0.39 is 17.7 Å². The van der Waals surface area contributed by atoms with Gasteiger partial charge in [-0.05, 0) is 49.9 Å². The van der Waals surface area contributed by atoms with E-state index in [9.17, 15) is 13.2 Å². The lowest BCUT2D eigenvalue weighted by Crippen LogP contribution is -2.05. The first-order valence-electron chi connectivity index (χ1n) is 9.52. The number of hydrogen-bond acceptors (Lipinski definition) is 5. The van der Waals surface area contributed by atoms with Gasteiger partial charge in [-0.1, -0.05) is 23.7 Å². The molecule has 0 unspecified atom stereocenters. The van der Waals surface area contributed by atoms with E-state index in [-0.39, 0.29) is 5.88 Å². The van der Waals surface area contributed by atoms with Crippen LogP contribution in [0.4, 0.5) is 13.2 Å². The number of pyridine rings is 1. The summed E-state index contributed by atoms with van der Waals surface area (Å²) in [5, 5.41) is 8.02. The van der Waals surface area contributed by atoms with Gasteiger partial charge < -0.3 is 9.84 Å². The molecule has 0 radical (unpaired) electrons. The van der Waals surface area contributed by atoms with Crippen molar-refractivity contribution >= 4 is 17.6 Å². The molecule has 2 aromatic heterocycles. The lowest BCUT2D eigenvalue weighted by atomic mass is 10.1. The van der Waals surface area contributed by atoms with E-state index in [1.165, 1.54) is 12.4 Å². The fourth-order valence-corrected chi connectivity index (χ4v) is 2.79. The molecular weight excluding hydrogens is 447 g/mol. The van der Waals surface area contributed by atoms with Crippen LogP contribution in [0.5, 0.6) is 11.6 Å². The fourth-order valence-electron chi connectivity index (χ4n) is 2.59. The number of nitrogens with zero attached hydrogens (tertiary/aromatic N) is 3. The number of carboxylic acids is 1. The second kappa shape index (κ2) is 11.4. The average molecular weight is 468 g/mol. The third-order valence-electron chi connectivity index (χ3n) is 4.12. The quantitative estimate of drug-likeness (QED) is 0.485. The van der Waals surface area contributed by atoms with Crippen LogP contribution < -0.4 is 4.74 Å². The summed E-state index contributed by atoms with van der Waals surface area (Å²) in [6.07, 6.45) is 0.300. The largest absolute Gasteiger partial charge is 0.481 e. The monoisotopic (exact) mass is 467 g/mol. The molecule has 3 rings (SSSR count). The molecule has 6 nitrogen and oxygen atoms in total. The lowest BCUT2D eigenvalue weighted by molar-refractivity contribution is -0.138. The van der Waals surface area contributed by atoms with Gasteiger partial charge >= 0.3 is 6.18 Å². The van der Waals surface area contributed by atoms with Gasteiger partial charge in [-0.25, -0.2) is 15.0 Å². The fraction of sp³-hybridized carbons (Fsp3) is 0.273. The number of carbonyl (C=O) groups is 1. The Morgan fingerprint density at radius 1 is 1.06 bits per heavy atom. The van der Waals surface area contributed by atoms with Gasteiger partial charge in [0.25, 0.3) is 5.97 Å². The summed E-state index contributed by atoms with van der Waals surface area (Å²) < 4.78 is 43.1. The van der Waals surface area contributed by atoms with E-state index >= 15 is 0 Å². The van der Waals surface area contributed by atoms with Gasteiger partial charge in [-0.15, -0.1) is 0 Å². The molecule has 0 aliphatic rings. The zero-order valence-corrected chi connectivity index (χ0v) is 18.1. The third-order valence-corrected chi connectivity index (χ3v) is 4.62. The van der Waals surface area contributed by atoms with Gasteiger partial charge in [-0.2, -0.15) is 13.2 Å². The van der Waals surface area contributed by atoms with Gasteiger partial charge in [-0.3, -0.25) is 4.79 Å². The van der Waals surface area contributed by atoms with Gasteiger partial charge in [0.15, 0.2) is 0 Å². The first-order chi connectivity index (χ1) is 15.1. The Labute approximate surface area is 188 Å². The number of ether oxygens (including phenoxy) is 1. The summed E-state index contributed by atoms with van der Waals surface area (Å²) in [6.45, 7) is 2.93. The first-order valence-corrected chi connectivity index (χ1v) is 9.89. The maximum atomic E-state index is 12.5. The van der Waals surface area contributed by atoms with Crippen molar-refractivity contribution in [3.05, 3.63) is 76.5 Å². The van der Waals surface area contributed by atoms with E-state index in [1.807, 2.05) is 19.1 Å². The Hall–Kier alpha value is -3.20. The number of aromatic nitrogens is 3. The van der Waals surface area contributed by atoms with Crippen LogP contribution in [0.3, 0.4) is 0 Å². The van der Waals surface area contributed by atoms with Crippen molar-refractivity contribution in [2.45, 2.75) is 39.3 Å². The average Bonchev–Trinajstić information content (AvgIpc) is 2.72. The second-order valence-corrected chi connectivity index (χ2v) is 7.10. The molecule has 32 heavy (non-hydrogen) atoms. The zero-order valence-electron chi connectivity index (χ0n) is 17.4. The Bertz CT molecular complexity index is 1020. The van der Waals surface area contributed by atoms with Crippen LogP contribution >= 0.6 is 11.6 Å². The van der Waals surface area contributed by atoms with E-state index in [0.717, 1.165) is 55.4 Å². The number of rotatable bonds is 6. The van der Waals surface area contributed by atoms with Crippen molar-refractivity contribution in [1.82, 2.24) is 15.0 Å². The van der Waals surface area contributed by atoms with Gasteiger partial charge in [0, 0.05) is 19.2 Å². The minimum absolute atomic E-state index is 0.106. The molecular formula is C22H21ClF3N3O3. The number of alkyl halides is 3. The molecule has 1 N–H and O–H groups in total. The molecule has 3 aromatic rings. The highest BCUT2D eigenvalue weighted by atomic mass is 35.5. The molecule has 10 heteroatoms. The number of aliphatic carboxylic acids is 1. The van der Waals surface area contributed by atoms with Crippen LogP contribution in [0, 0.1) is 6.92 Å². The number of halogens is 4. The van der Waals surface area contributed by atoms with Gasteiger partial charge in [0.1, 0.15) is 12.1 Å². The zero-order chi connectivity index (χ0) is 23.7. The van der Waals surface area contributed by atoms with Gasteiger partial charge in [0.2, 0.25) is 5.88 Å². The Kier molecular flexibility index (Phi) is 8.95. The van der Waals surface area contributed by atoms with Crippen LogP contribution in [-0.2, 0) is 23.8 Å². The maximum Gasteiger partial charge on any atom is 0.417 e. The predicted molar refractivity (Wildman–Crippen MR) is 113 cm³/mol. The highest BCUT2D eigenvalue weighted by Crippen LogP contribution is 2.30. The van der Waals surface area contributed by atoms with E-state index in [2.05, 4.69) is 15.0 Å². The highest BCUT2D eigenvalue weighted by molar-refractivity contribution is 6.31. The van der Waals surface area contributed by atoms with Gasteiger partial charge in [0.05, 0.1) is 22.0 Å². The molecule has 0 bridgehead atoms. The number of hydrogen-bond donors (Lipinski definition) is 1. The molecule has 170 valence electrons. The Morgan fingerprint density at radius 2 is 1.72 bits per heavy atom. The molecule has 0 atom stereocenters. The molecule has 0 saturated carbocycles. The molecule has 2 heterocycles. The molecule has 0 amide bonds. The van der Waals surface area contributed by atoms with Crippen molar-refractivity contribution < 1.29 is 27.8 Å². The summed E-state index contributed by atoms with van der Waals surface area (Å²) in [5.74, 6) is -0.222. The minimum Gasteiger partial charge on any atom is -0.481 e. The number of carboxylic acid groups (broad SMARTS) is 1. The number of benzene rings is 1. The van der Waals surface area contributed by atoms with Crippen molar-refractivity contribution in [2.24, 2.45) is 0 Å². The van der Waals surface area contributed by atoms with Crippen LogP contribution in [0.1, 0.15) is 35.9 Å². The molecule has 0 aliphatic heterocycles. The maximum absolute atomic E-state index is 12.5. The summed E-state index contributed by atoms with van der Waals surface area (Å²) in [6, 6.07) is 9.48. The van der Waals surface area contributed by atoms with Crippen LogP contribution in [-0.4, -0.2) is 26.0 Å². The SMILES string of the molecule is CC(=O)O.Cc1ncnc(CCCc2ccc(Oc3ccc(C(F)(F)F)cn3)cc2)c1Cl. The second-order valence-electron chi connectivity index (χ2n) is 6.72. The van der Waals surface area contributed by atoms with E-state index in [4.69, 9.17) is 26.2 Å². The summed E-state index contributed by atoms with van der Waals surface area (Å²) in [5.41, 5.74) is 1.90. The van der Waals surface area contributed by atoms with E-state index in [1.54, 1.807) is 12.1 Å². The molecule has 0 spiro atoms. The predicted octanol–water partition coefficient (Wildman–Crippen LogP) is 5.91. The van der Waals surface area contributed by atoms with E-state index in [0.29, 0.717) is 10.8 Å². The van der Waals surface area contributed by atoms with Crippen LogP contribution in [0.2, 0.25) is 5.02 Å². The van der Waals surface area contributed by atoms with Crippen LogP contribution in [0.15, 0.2) is 48.9 Å². The summed E-state index contributed by atoms with van der Waals surface area (Å²) in [4.78, 5) is 21.0. The molecule has 0 fully saturated rings. The van der Waals surface area contributed by atoms with Crippen molar-refractivity contribution in [3.8, 4) is 11.6 Å². The standard InChI is InChI=1S/C20H17ClF3N3O.C2H4O2/c1-13-19(21)17(27-12-26-13)4-2-3-14-5-8-16(9-6-14)28-18-10-7-15(11-25-18)20(22,23)24;1-2(3)4/h5-12H,2-4H2,1H3;1H3,(H,3,4). The first kappa shape index (κ1) is 25.1.